The van der Waals surface area contributed by atoms with Crippen LogP contribution in [0.2, 0.25) is 15.1 Å². The number of imide groups is 2. The van der Waals surface area contributed by atoms with E-state index in [0.717, 1.165) is 18.1 Å². The van der Waals surface area contributed by atoms with Gasteiger partial charge in [-0.3, -0.25) is 29.6 Å². The number of phenolic OH excluding ortho intramolecular Hbond substituents is 1. The Morgan fingerprint density at radius 1 is 0.885 bits per heavy atom. The predicted molar refractivity (Wildman–Crippen MR) is 206 cm³/mol. The minimum absolute atomic E-state index is 0.0189. The van der Waals surface area contributed by atoms with Crippen molar-refractivity contribution in [3.05, 3.63) is 116 Å². The van der Waals surface area contributed by atoms with Gasteiger partial charge in [-0.15, -0.1) is 0 Å². The van der Waals surface area contributed by atoms with Crippen LogP contribution < -0.4 is 15.2 Å². The van der Waals surface area contributed by atoms with Crippen LogP contribution in [0.3, 0.4) is 0 Å². The minimum Gasteiger partial charge on any atom is -0.504 e. The van der Waals surface area contributed by atoms with Crippen LogP contribution in [0.15, 0.2) is 78.5 Å². The Morgan fingerprint density at radius 2 is 1.59 bits per heavy atom. The van der Waals surface area contributed by atoms with Gasteiger partial charge in [0.05, 0.1) is 45.9 Å². The Balaban J connectivity index is 1.29. The second-order valence-electron chi connectivity index (χ2n) is 14.9. The average molecular weight is 910 g/mol. The van der Waals surface area contributed by atoms with Crippen molar-refractivity contribution in [2.75, 3.05) is 24.6 Å². The molecule has 0 bridgehead atoms. The quantitative estimate of drug-likeness (QED) is 0.106. The monoisotopic (exact) mass is 908 g/mol. The van der Waals surface area contributed by atoms with E-state index in [0.29, 0.717) is 39.5 Å². The first-order chi connectivity index (χ1) is 28.7. The number of hydrazine groups is 2. The van der Waals surface area contributed by atoms with Gasteiger partial charge in [0.15, 0.2) is 23.1 Å². The van der Waals surface area contributed by atoms with E-state index in [1.807, 2.05) is 0 Å². The smallest absolute Gasteiger partial charge is 0.433 e. The zero-order valence-electron chi connectivity index (χ0n) is 31.4. The van der Waals surface area contributed by atoms with Gasteiger partial charge in [0.1, 0.15) is 5.69 Å². The number of carbonyl (C=O) groups is 4. The summed E-state index contributed by atoms with van der Waals surface area (Å²) in [6, 6.07) is 12.5. The number of nitrogens with zero attached hydrogens (tertiary/aromatic N) is 5. The fourth-order valence-corrected chi connectivity index (χ4v) is 9.78. The Labute approximate surface area is 356 Å². The number of amides is 4. The Morgan fingerprint density at radius 3 is 2.23 bits per heavy atom. The van der Waals surface area contributed by atoms with Gasteiger partial charge in [0, 0.05) is 24.2 Å². The predicted octanol–water partition coefficient (Wildman–Crippen LogP) is 8.22. The van der Waals surface area contributed by atoms with Crippen molar-refractivity contribution in [2.24, 2.45) is 23.7 Å². The van der Waals surface area contributed by atoms with Crippen LogP contribution in [-0.2, 0) is 36.9 Å². The van der Waals surface area contributed by atoms with E-state index in [-0.39, 0.29) is 39.9 Å². The number of phenols is 1. The van der Waals surface area contributed by atoms with E-state index in [4.69, 9.17) is 39.5 Å². The number of halogens is 9. The van der Waals surface area contributed by atoms with E-state index >= 15 is 4.79 Å². The van der Waals surface area contributed by atoms with Crippen molar-refractivity contribution in [2.45, 2.75) is 36.5 Å². The molecule has 6 unspecified atom stereocenters. The molecule has 61 heavy (non-hydrogen) atoms. The molecular formula is C40H29Cl3F6N6O6. The molecule has 8 rings (SSSR count). The number of hydrogen-bond donors (Lipinski definition) is 2. The van der Waals surface area contributed by atoms with Gasteiger partial charge in [-0.25, -0.2) is 9.97 Å². The molecule has 4 aliphatic rings. The van der Waals surface area contributed by atoms with Crippen molar-refractivity contribution < 1.29 is 55.4 Å². The molecule has 12 nitrogen and oxygen atoms in total. The van der Waals surface area contributed by atoms with E-state index < -0.39 is 98.9 Å². The number of methoxy groups -OCH3 is 1. The van der Waals surface area contributed by atoms with E-state index in [1.165, 1.54) is 49.6 Å². The van der Waals surface area contributed by atoms with Gasteiger partial charge in [0.25, 0.3) is 23.6 Å². The number of aromatic hydroxyl groups is 1. The summed E-state index contributed by atoms with van der Waals surface area (Å²) >= 11 is 18.8. The lowest BCUT2D eigenvalue weighted by Crippen LogP contribution is -2.53. The summed E-state index contributed by atoms with van der Waals surface area (Å²) in [5.74, 6) is -10.5. The van der Waals surface area contributed by atoms with Crippen LogP contribution in [0, 0.1) is 23.7 Å². The largest absolute Gasteiger partial charge is 0.504 e. The van der Waals surface area contributed by atoms with Crippen molar-refractivity contribution >= 4 is 70.1 Å². The standard InChI is InChI=1S/C40H29Cl3F6N6O6/c1-53(33-25(42)10-12-29(51-33)40(47,48)49)55-34(57)22-9-8-21-23(30(22)36(55)59)15-24-35(58)54(52-32-26(43)14-19(16-50-32)39(44,45)46)37(60)38(24,18-4-6-20(41)7-5-18)31(21)17-3-11-27(56)28(13-17)61-2/h3-8,10-14,16,22-24,30-31,56H,9,15H2,1-2H3,(H,50,52). The summed E-state index contributed by atoms with van der Waals surface area (Å²) < 4.78 is 87.2. The Bertz CT molecular complexity index is 2560. The summed E-state index contributed by atoms with van der Waals surface area (Å²) in [6.07, 6.45) is -7.88. The van der Waals surface area contributed by atoms with Crippen molar-refractivity contribution in [3.63, 3.8) is 0 Å². The molecule has 2 aromatic carbocycles. The SMILES string of the molecule is COc1cc(C2C3=CCC4C(=O)N(N(C)c5nc(C(F)(F)F)ccc5Cl)C(=O)C4C3CC3C(=O)N(Nc4ncc(C(F)(F)F)cc4Cl)C(=O)C32c2ccc(Cl)cc2)ccc1O. The fraction of sp³-hybridized carbons (Fsp3) is 0.300. The number of carbonyl (C=O) groups excluding carboxylic acids is 4. The van der Waals surface area contributed by atoms with Crippen molar-refractivity contribution in [1.82, 2.24) is 20.0 Å². The highest BCUT2D eigenvalue weighted by molar-refractivity contribution is 6.33. The molecule has 2 aliphatic carbocycles. The van der Waals surface area contributed by atoms with Gasteiger partial charge >= 0.3 is 12.4 Å². The molecule has 21 heteroatoms. The molecule has 1 saturated carbocycles. The number of nitrogens with one attached hydrogen (secondary N) is 1. The molecule has 0 radical (unpaired) electrons. The Kier molecular flexibility index (Phi) is 10.2. The zero-order chi connectivity index (χ0) is 44.1. The minimum atomic E-state index is -4.89. The van der Waals surface area contributed by atoms with Crippen LogP contribution in [0.25, 0.3) is 0 Å². The zero-order valence-corrected chi connectivity index (χ0v) is 33.6. The van der Waals surface area contributed by atoms with E-state index in [9.17, 15) is 45.8 Å². The normalized spacial score (nSPS) is 25.0. The number of aromatic nitrogens is 2. The first-order valence-corrected chi connectivity index (χ1v) is 19.4. The molecule has 0 spiro atoms. The number of rotatable bonds is 7. The Hall–Kier alpha value is -5.59. The summed E-state index contributed by atoms with van der Waals surface area (Å²) in [7, 11) is 2.46. The van der Waals surface area contributed by atoms with Crippen LogP contribution in [0.1, 0.15) is 41.1 Å². The molecule has 4 aromatic rings. The summed E-state index contributed by atoms with van der Waals surface area (Å²) in [4.78, 5) is 66.5. The highest BCUT2D eigenvalue weighted by atomic mass is 35.5. The number of allylic oxidation sites excluding steroid dienone is 2. The van der Waals surface area contributed by atoms with Gasteiger partial charge in [-0.2, -0.15) is 36.4 Å². The lowest BCUT2D eigenvalue weighted by molar-refractivity contribution is -0.142. The van der Waals surface area contributed by atoms with Crippen molar-refractivity contribution in [3.8, 4) is 11.5 Å². The topological polar surface area (TPSA) is 145 Å². The highest BCUT2D eigenvalue weighted by Gasteiger charge is 2.70. The van der Waals surface area contributed by atoms with Crippen molar-refractivity contribution in [1.29, 1.82) is 0 Å². The first kappa shape index (κ1) is 42.1. The fourth-order valence-electron chi connectivity index (χ4n) is 9.22. The second kappa shape index (κ2) is 14.8. The molecule has 2 N–H and O–H groups in total. The number of anilines is 2. The highest BCUT2D eigenvalue weighted by Crippen LogP contribution is 2.64. The molecule has 3 fully saturated rings. The number of hydrogen-bond acceptors (Lipinski definition) is 10. The lowest BCUT2D eigenvalue weighted by Gasteiger charge is -2.50. The van der Waals surface area contributed by atoms with Gasteiger partial charge in [-0.1, -0.05) is 64.7 Å². The lowest BCUT2D eigenvalue weighted by atomic mass is 9.49. The van der Waals surface area contributed by atoms with Crippen LogP contribution in [-0.4, -0.2) is 62.9 Å². The molecule has 2 aromatic heterocycles. The average Bonchev–Trinajstić information content (AvgIpc) is 3.58. The second-order valence-corrected chi connectivity index (χ2v) is 16.1. The van der Waals surface area contributed by atoms with Crippen LogP contribution in [0.4, 0.5) is 38.0 Å². The van der Waals surface area contributed by atoms with E-state index in [1.54, 1.807) is 6.08 Å². The summed E-state index contributed by atoms with van der Waals surface area (Å²) in [6.45, 7) is 0. The number of alkyl halides is 6. The molecule has 4 amide bonds. The molecule has 2 saturated heterocycles. The van der Waals surface area contributed by atoms with Gasteiger partial charge in [0.2, 0.25) is 0 Å². The van der Waals surface area contributed by atoms with E-state index in [2.05, 4.69) is 15.4 Å². The maximum absolute atomic E-state index is 15.4. The third-order valence-corrected chi connectivity index (χ3v) is 12.6. The maximum atomic E-state index is 15.4. The number of fused-ring (bicyclic) bond motifs is 4. The van der Waals surface area contributed by atoms with Gasteiger partial charge in [-0.05, 0) is 72.4 Å². The summed E-state index contributed by atoms with van der Waals surface area (Å²) in [5.41, 5.74) is -0.849. The van der Waals surface area contributed by atoms with Crippen LogP contribution in [0.5, 0.6) is 11.5 Å². The molecule has 318 valence electrons. The molecular weight excluding hydrogens is 881 g/mol. The molecule has 2 aliphatic heterocycles. The van der Waals surface area contributed by atoms with Gasteiger partial charge < -0.3 is 9.84 Å². The third-order valence-electron chi connectivity index (χ3n) is 11.8. The molecule has 6 atom stereocenters. The number of pyridine rings is 2. The maximum Gasteiger partial charge on any atom is 0.433 e. The first-order valence-electron chi connectivity index (χ1n) is 18.3. The third kappa shape index (κ3) is 6.61. The summed E-state index contributed by atoms with van der Waals surface area (Å²) in [5, 5.41) is 12.2. The van der Waals surface area contributed by atoms with Crippen LogP contribution >= 0.6 is 34.8 Å². The number of benzene rings is 2. The number of ether oxygens (including phenoxy) is 1. The molecule has 4 heterocycles.